The molecule has 0 bridgehead atoms. The van der Waals surface area contributed by atoms with E-state index in [1.807, 2.05) is 25.1 Å². The van der Waals surface area contributed by atoms with Crippen molar-refractivity contribution in [2.75, 3.05) is 51.1 Å². The maximum absolute atomic E-state index is 13.5. The molecule has 1 heterocycles. The maximum Gasteiger partial charge on any atom is 0.264 e. The fourth-order valence-electron chi connectivity index (χ4n) is 4.40. The lowest BCUT2D eigenvalue weighted by Crippen LogP contribution is -2.49. The van der Waals surface area contributed by atoms with Crippen LogP contribution in [0.15, 0.2) is 41.3 Å². The number of aryl methyl sites for hydroxylation is 3. The number of carbonyl (C=O) groups excluding carboxylic acids is 1. The first kappa shape index (κ1) is 27.5. The Bertz CT molecular complexity index is 1150. The van der Waals surface area contributed by atoms with Crippen LogP contribution in [0, 0.1) is 13.8 Å². The molecule has 2 aromatic rings. The van der Waals surface area contributed by atoms with Crippen LogP contribution >= 0.6 is 11.6 Å². The summed E-state index contributed by atoms with van der Waals surface area (Å²) in [6.07, 6.45) is 0.735. The molecule has 1 aliphatic heterocycles. The van der Waals surface area contributed by atoms with Gasteiger partial charge in [-0.1, -0.05) is 29.8 Å². The van der Waals surface area contributed by atoms with Crippen LogP contribution in [-0.2, 0) is 21.2 Å². The Morgan fingerprint density at radius 3 is 2.46 bits per heavy atom. The predicted molar refractivity (Wildman–Crippen MR) is 143 cm³/mol. The van der Waals surface area contributed by atoms with Crippen LogP contribution in [0.3, 0.4) is 0 Å². The molecule has 2 aromatic carbocycles. The molecule has 0 unspecified atom stereocenters. The lowest BCUT2D eigenvalue weighted by molar-refractivity contribution is -0.121. The van der Waals surface area contributed by atoms with E-state index in [4.69, 9.17) is 11.6 Å². The molecule has 1 N–H and O–H groups in total. The number of carbonyl (C=O) groups is 1. The van der Waals surface area contributed by atoms with Gasteiger partial charge in [0.05, 0.1) is 10.6 Å². The first-order valence-electron chi connectivity index (χ1n) is 12.0. The highest BCUT2D eigenvalue weighted by Gasteiger charge is 2.26. The number of rotatable bonds is 9. The van der Waals surface area contributed by atoms with Gasteiger partial charge >= 0.3 is 0 Å². The SMILES string of the molecule is Cc1cc(S(=O)(=O)N(C)c2ccccc2CCC(=O)N[C@H](C)CN2CCN(C)CC2)c(C)cc1Cl. The number of likely N-dealkylation sites (N-methyl/N-ethyl adjacent to an activating group) is 1. The molecule has 0 aromatic heterocycles. The molecular weight excluding hydrogens is 484 g/mol. The van der Waals surface area contributed by atoms with Crippen molar-refractivity contribution in [3.8, 4) is 0 Å². The van der Waals surface area contributed by atoms with Gasteiger partial charge in [-0.05, 0) is 69.1 Å². The number of hydrogen-bond acceptors (Lipinski definition) is 5. The number of hydrogen-bond donors (Lipinski definition) is 1. The Balaban J connectivity index is 1.65. The number of para-hydroxylation sites is 1. The van der Waals surface area contributed by atoms with Crippen LogP contribution in [0.2, 0.25) is 5.02 Å². The number of nitrogens with zero attached hydrogens (tertiary/aromatic N) is 3. The fraction of sp³-hybridized carbons (Fsp3) is 0.500. The first-order valence-corrected chi connectivity index (χ1v) is 13.8. The van der Waals surface area contributed by atoms with E-state index in [9.17, 15) is 13.2 Å². The smallest absolute Gasteiger partial charge is 0.264 e. The van der Waals surface area contributed by atoms with E-state index < -0.39 is 10.0 Å². The average Bonchev–Trinajstić information content (AvgIpc) is 2.81. The Hall–Kier alpha value is -2.13. The summed E-state index contributed by atoms with van der Waals surface area (Å²) in [4.78, 5) is 17.6. The quantitative estimate of drug-likeness (QED) is 0.548. The molecule has 1 amide bonds. The second kappa shape index (κ2) is 11.7. The normalized spacial score (nSPS) is 16.2. The van der Waals surface area contributed by atoms with Crippen molar-refractivity contribution in [3.63, 3.8) is 0 Å². The highest BCUT2D eigenvalue weighted by Crippen LogP contribution is 2.30. The minimum atomic E-state index is -3.80. The number of benzene rings is 2. The van der Waals surface area contributed by atoms with Crippen LogP contribution in [0.5, 0.6) is 0 Å². The van der Waals surface area contributed by atoms with E-state index in [0.29, 0.717) is 28.3 Å². The number of halogens is 1. The zero-order valence-electron chi connectivity index (χ0n) is 21.3. The van der Waals surface area contributed by atoms with Crippen molar-refractivity contribution in [3.05, 3.63) is 58.1 Å². The molecule has 1 aliphatic rings. The summed E-state index contributed by atoms with van der Waals surface area (Å²) in [5.74, 6) is -0.0314. The second-order valence-electron chi connectivity index (χ2n) is 9.54. The highest BCUT2D eigenvalue weighted by molar-refractivity contribution is 7.92. The van der Waals surface area contributed by atoms with Gasteiger partial charge in [-0.25, -0.2) is 8.42 Å². The molecule has 1 saturated heterocycles. The summed E-state index contributed by atoms with van der Waals surface area (Å²) >= 11 is 6.17. The van der Waals surface area contributed by atoms with Crippen molar-refractivity contribution in [1.82, 2.24) is 15.1 Å². The molecule has 1 fully saturated rings. The fourth-order valence-corrected chi connectivity index (χ4v) is 6.14. The molecule has 1 atom stereocenters. The molecule has 3 rings (SSSR count). The van der Waals surface area contributed by atoms with Crippen LogP contribution in [0.4, 0.5) is 5.69 Å². The molecule has 0 spiro atoms. The molecule has 0 radical (unpaired) electrons. The van der Waals surface area contributed by atoms with Gasteiger partial charge < -0.3 is 10.2 Å². The zero-order valence-corrected chi connectivity index (χ0v) is 22.9. The first-order chi connectivity index (χ1) is 16.5. The van der Waals surface area contributed by atoms with Crippen molar-refractivity contribution in [2.24, 2.45) is 0 Å². The summed E-state index contributed by atoms with van der Waals surface area (Å²) in [5, 5.41) is 3.63. The molecule has 35 heavy (non-hydrogen) atoms. The third-order valence-electron chi connectivity index (χ3n) is 6.58. The predicted octanol–water partition coefficient (Wildman–Crippen LogP) is 3.47. The van der Waals surface area contributed by atoms with Gasteiger partial charge in [0.25, 0.3) is 10.0 Å². The molecular formula is C26H37ClN4O3S. The van der Waals surface area contributed by atoms with Crippen LogP contribution in [0.1, 0.15) is 30.0 Å². The van der Waals surface area contributed by atoms with Gasteiger partial charge in [-0.2, -0.15) is 0 Å². The molecule has 7 nitrogen and oxygen atoms in total. The minimum absolute atomic E-state index is 0.0314. The van der Waals surface area contributed by atoms with Gasteiger partial charge in [0.2, 0.25) is 5.91 Å². The summed E-state index contributed by atoms with van der Waals surface area (Å²) in [5.41, 5.74) is 2.68. The van der Waals surface area contributed by atoms with Crippen molar-refractivity contribution in [1.29, 1.82) is 0 Å². The molecule has 9 heteroatoms. The Kier molecular flexibility index (Phi) is 9.21. The molecule has 0 aliphatic carbocycles. The number of anilines is 1. The van der Waals surface area contributed by atoms with Crippen LogP contribution in [0.25, 0.3) is 0 Å². The third kappa shape index (κ3) is 6.97. The van der Waals surface area contributed by atoms with Gasteiger partial charge in [-0.3, -0.25) is 14.0 Å². The van der Waals surface area contributed by atoms with E-state index in [0.717, 1.165) is 38.3 Å². The van der Waals surface area contributed by atoms with E-state index >= 15 is 0 Å². The lowest BCUT2D eigenvalue weighted by atomic mass is 10.1. The van der Waals surface area contributed by atoms with E-state index in [-0.39, 0.29) is 23.3 Å². The third-order valence-corrected chi connectivity index (χ3v) is 8.90. The number of amides is 1. The van der Waals surface area contributed by atoms with Gasteiger partial charge in [0.1, 0.15) is 0 Å². The Morgan fingerprint density at radius 1 is 1.11 bits per heavy atom. The maximum atomic E-state index is 13.5. The average molecular weight is 521 g/mol. The van der Waals surface area contributed by atoms with E-state index in [1.54, 1.807) is 39.1 Å². The Labute approximate surface area is 215 Å². The van der Waals surface area contributed by atoms with E-state index in [1.165, 1.54) is 4.31 Å². The van der Waals surface area contributed by atoms with Crippen LogP contribution < -0.4 is 9.62 Å². The summed E-state index contributed by atoms with van der Waals surface area (Å²) in [6.45, 7) is 10.5. The number of sulfonamides is 1. The summed E-state index contributed by atoms with van der Waals surface area (Å²) < 4.78 is 28.2. The van der Waals surface area contributed by atoms with Crippen molar-refractivity contribution in [2.45, 2.75) is 44.6 Å². The standard InChI is InChI=1S/C26H37ClN4O3S/c1-19-17-25(20(2)16-23(19)27)35(33,34)30(5)24-9-7-6-8-22(24)10-11-26(32)28-21(3)18-31-14-12-29(4)13-15-31/h6-9,16-17,21H,10-15,18H2,1-5H3,(H,28,32)/t21-/m1/s1. The molecule has 192 valence electrons. The minimum Gasteiger partial charge on any atom is -0.352 e. The van der Waals surface area contributed by atoms with E-state index in [2.05, 4.69) is 22.2 Å². The highest BCUT2D eigenvalue weighted by atomic mass is 35.5. The zero-order chi connectivity index (χ0) is 25.8. The van der Waals surface area contributed by atoms with Gasteiger partial charge in [0.15, 0.2) is 0 Å². The number of nitrogens with one attached hydrogen (secondary N) is 1. The van der Waals surface area contributed by atoms with Crippen LogP contribution in [-0.4, -0.2) is 77.0 Å². The van der Waals surface area contributed by atoms with Gasteiger partial charge in [0, 0.05) is 57.3 Å². The van der Waals surface area contributed by atoms with Gasteiger partial charge in [-0.15, -0.1) is 0 Å². The summed E-state index contributed by atoms with van der Waals surface area (Å²) in [6, 6.07) is 10.7. The topological polar surface area (TPSA) is 73.0 Å². The molecule has 0 saturated carbocycles. The summed E-state index contributed by atoms with van der Waals surface area (Å²) in [7, 11) is -0.120. The van der Waals surface area contributed by atoms with Crippen molar-refractivity contribution >= 4 is 33.2 Å². The Morgan fingerprint density at radius 2 is 1.77 bits per heavy atom. The second-order valence-corrected chi connectivity index (χ2v) is 11.9. The monoisotopic (exact) mass is 520 g/mol. The lowest BCUT2D eigenvalue weighted by Gasteiger charge is -2.34. The van der Waals surface area contributed by atoms with Crippen molar-refractivity contribution < 1.29 is 13.2 Å². The number of piperazine rings is 1. The largest absolute Gasteiger partial charge is 0.352 e.